The number of likely N-dealkylation sites (N-methyl/N-ethyl adjacent to an activating group) is 1. The van der Waals surface area contributed by atoms with Crippen LogP contribution in [0.4, 0.5) is 0 Å². The van der Waals surface area contributed by atoms with Gasteiger partial charge in [-0.2, -0.15) is 0 Å². The number of rotatable bonds is 49. The lowest BCUT2D eigenvalue weighted by atomic mass is 10.0. The molecule has 0 spiro atoms. The lowest BCUT2D eigenvalue weighted by molar-refractivity contribution is -0.870. The van der Waals surface area contributed by atoms with E-state index in [1.54, 1.807) is 0 Å². The van der Waals surface area contributed by atoms with Gasteiger partial charge in [-0.25, -0.2) is 4.57 Å². The second-order valence-corrected chi connectivity index (χ2v) is 21.1. The summed E-state index contributed by atoms with van der Waals surface area (Å²) in [6.07, 6.45) is 55.1. The van der Waals surface area contributed by atoms with Crippen LogP contribution in [0.25, 0.3) is 0 Å². The number of unbranched alkanes of at least 4 members (excludes halogenated alkanes) is 32. The highest BCUT2D eigenvalue weighted by atomic mass is 31.2. The second kappa shape index (κ2) is 45.1. The summed E-state index contributed by atoms with van der Waals surface area (Å²) >= 11 is 0. The van der Waals surface area contributed by atoms with E-state index in [9.17, 15) is 19.4 Å². The number of allylic oxidation sites excluding steroid dienone is 4. The van der Waals surface area contributed by atoms with Crippen molar-refractivity contribution < 1.29 is 32.9 Å². The normalized spacial score (nSPS) is 14.2. The topological polar surface area (TPSA) is 105 Å². The summed E-state index contributed by atoms with van der Waals surface area (Å²) < 4.78 is 23.7. The number of phosphoric acid groups is 1. The van der Waals surface area contributed by atoms with Crippen LogP contribution in [0.2, 0.25) is 0 Å². The third-order valence-corrected chi connectivity index (χ3v) is 13.2. The lowest BCUT2D eigenvalue weighted by Crippen LogP contribution is -2.46. The number of amides is 1. The lowest BCUT2D eigenvalue weighted by Gasteiger charge is -2.26. The number of nitrogens with zero attached hydrogens (tertiary/aromatic N) is 1. The smallest absolute Gasteiger partial charge is 0.391 e. The molecule has 0 aliphatic heterocycles. The van der Waals surface area contributed by atoms with Crippen molar-refractivity contribution >= 4 is 13.7 Å². The van der Waals surface area contributed by atoms with Gasteiger partial charge in [-0.1, -0.05) is 237 Å². The zero-order valence-corrected chi connectivity index (χ0v) is 42.8. The van der Waals surface area contributed by atoms with E-state index >= 15 is 0 Å². The predicted octanol–water partition coefficient (Wildman–Crippen LogP) is 15.6. The molecule has 9 heteroatoms. The van der Waals surface area contributed by atoms with E-state index in [-0.39, 0.29) is 19.1 Å². The fourth-order valence-electron chi connectivity index (χ4n) is 7.95. The van der Waals surface area contributed by atoms with Gasteiger partial charge in [0.2, 0.25) is 5.91 Å². The Morgan fingerprint density at radius 3 is 1.37 bits per heavy atom. The van der Waals surface area contributed by atoms with Crippen molar-refractivity contribution in [2.45, 2.75) is 270 Å². The third kappa shape index (κ3) is 47.0. The molecule has 3 unspecified atom stereocenters. The van der Waals surface area contributed by atoms with Crippen LogP contribution in [0.15, 0.2) is 24.3 Å². The molecule has 0 heterocycles. The van der Waals surface area contributed by atoms with Crippen LogP contribution < -0.4 is 5.32 Å². The number of quaternary nitrogens is 1. The van der Waals surface area contributed by atoms with Gasteiger partial charge in [0.25, 0.3) is 0 Å². The standard InChI is InChI=1S/C53H105N2O6P/c1-6-8-10-12-14-16-18-20-22-23-24-25-26-27-28-29-30-31-32-33-34-36-38-40-42-44-46-52(56)51(50-61-62(58,59)60-49-48-55(3,4)5)54-53(57)47-45-43-41-39-37-35-21-19-17-15-13-11-9-7-2/h13,15,19,21,51-52,56H,6-12,14,16-18,20,22-50H2,1-5H3,(H-,54,57,58,59)/p+1/b15-13-,21-19-. The first kappa shape index (κ1) is 61.0. The molecule has 0 fully saturated rings. The fraction of sp³-hybridized carbons (Fsp3) is 0.906. The van der Waals surface area contributed by atoms with Crippen LogP contribution in [0, 0.1) is 0 Å². The summed E-state index contributed by atoms with van der Waals surface area (Å²) in [4.78, 5) is 23.2. The first-order chi connectivity index (χ1) is 30.0. The summed E-state index contributed by atoms with van der Waals surface area (Å²) in [5.41, 5.74) is 0. The van der Waals surface area contributed by atoms with Gasteiger partial charge < -0.3 is 19.8 Å². The average Bonchev–Trinajstić information content (AvgIpc) is 3.23. The molecular formula is C53H106N2O6P+. The SMILES string of the molecule is CCCC/C=C\C/C=C\CCCCCCCC(=O)NC(COP(=O)(O)OCC[N+](C)(C)C)C(O)CCCCCCCCCCCCCCCCCCCCCCCCCCCC. The van der Waals surface area contributed by atoms with E-state index in [0.717, 1.165) is 64.2 Å². The molecular weight excluding hydrogens is 792 g/mol. The van der Waals surface area contributed by atoms with Gasteiger partial charge in [-0.15, -0.1) is 0 Å². The zero-order chi connectivity index (χ0) is 45.7. The molecule has 3 N–H and O–H groups in total. The van der Waals surface area contributed by atoms with Crippen molar-refractivity contribution in [3.05, 3.63) is 24.3 Å². The number of aliphatic hydroxyl groups is 1. The first-order valence-corrected chi connectivity index (χ1v) is 28.2. The monoisotopic (exact) mass is 898 g/mol. The van der Waals surface area contributed by atoms with Crippen LogP contribution >= 0.6 is 7.82 Å². The van der Waals surface area contributed by atoms with Gasteiger partial charge in [0.1, 0.15) is 13.2 Å². The van der Waals surface area contributed by atoms with E-state index in [1.165, 1.54) is 167 Å². The van der Waals surface area contributed by atoms with E-state index in [2.05, 4.69) is 43.5 Å². The number of carbonyl (C=O) groups excluding carboxylic acids is 1. The molecule has 0 aliphatic carbocycles. The molecule has 0 aromatic heterocycles. The van der Waals surface area contributed by atoms with Crippen molar-refractivity contribution in [1.29, 1.82) is 0 Å². The van der Waals surface area contributed by atoms with Crippen LogP contribution in [0.5, 0.6) is 0 Å². The minimum absolute atomic E-state index is 0.0726. The summed E-state index contributed by atoms with van der Waals surface area (Å²) in [7, 11) is 1.61. The Bertz CT molecular complexity index is 1060. The Balaban J connectivity index is 4.14. The molecule has 368 valence electrons. The summed E-state index contributed by atoms with van der Waals surface area (Å²) in [6, 6.07) is -0.766. The highest BCUT2D eigenvalue weighted by molar-refractivity contribution is 7.47. The van der Waals surface area contributed by atoms with E-state index < -0.39 is 20.0 Å². The Labute approximate surface area is 385 Å². The van der Waals surface area contributed by atoms with Crippen molar-refractivity contribution in [3.8, 4) is 0 Å². The minimum atomic E-state index is -4.32. The maximum atomic E-state index is 12.9. The molecule has 1 amide bonds. The molecule has 0 saturated heterocycles. The molecule has 0 aliphatic rings. The zero-order valence-electron chi connectivity index (χ0n) is 41.9. The molecule has 62 heavy (non-hydrogen) atoms. The van der Waals surface area contributed by atoms with Gasteiger partial charge >= 0.3 is 7.82 Å². The maximum absolute atomic E-state index is 12.9. The van der Waals surface area contributed by atoms with Gasteiger partial charge in [-0.3, -0.25) is 13.8 Å². The maximum Gasteiger partial charge on any atom is 0.472 e. The van der Waals surface area contributed by atoms with Crippen molar-refractivity contribution in [2.24, 2.45) is 0 Å². The van der Waals surface area contributed by atoms with Crippen LogP contribution in [-0.4, -0.2) is 73.4 Å². The third-order valence-electron chi connectivity index (χ3n) is 12.2. The van der Waals surface area contributed by atoms with Crippen molar-refractivity contribution in [1.82, 2.24) is 5.32 Å². The number of hydrogen-bond acceptors (Lipinski definition) is 5. The van der Waals surface area contributed by atoms with E-state index in [4.69, 9.17) is 9.05 Å². The highest BCUT2D eigenvalue weighted by Gasteiger charge is 2.28. The minimum Gasteiger partial charge on any atom is -0.391 e. The van der Waals surface area contributed by atoms with Crippen molar-refractivity contribution in [3.63, 3.8) is 0 Å². The summed E-state index contributed by atoms with van der Waals surface area (Å²) in [5.74, 6) is -0.156. The van der Waals surface area contributed by atoms with E-state index in [1.807, 2.05) is 21.1 Å². The van der Waals surface area contributed by atoms with Gasteiger partial charge in [-0.05, 0) is 38.5 Å². The number of phosphoric ester groups is 1. The van der Waals surface area contributed by atoms with Gasteiger partial charge in [0, 0.05) is 6.42 Å². The molecule has 0 bridgehead atoms. The molecule has 0 aromatic carbocycles. The van der Waals surface area contributed by atoms with Crippen LogP contribution in [0.1, 0.15) is 258 Å². The predicted molar refractivity (Wildman–Crippen MR) is 268 cm³/mol. The van der Waals surface area contributed by atoms with Crippen LogP contribution in [0.3, 0.4) is 0 Å². The highest BCUT2D eigenvalue weighted by Crippen LogP contribution is 2.43. The molecule has 0 aromatic rings. The Morgan fingerprint density at radius 2 is 0.935 bits per heavy atom. The summed E-state index contributed by atoms with van der Waals surface area (Å²) in [5, 5.41) is 14.0. The second-order valence-electron chi connectivity index (χ2n) is 19.6. The molecule has 0 saturated carbocycles. The molecule has 0 rings (SSSR count). The molecule has 0 radical (unpaired) electrons. The molecule has 3 atom stereocenters. The average molecular weight is 898 g/mol. The first-order valence-electron chi connectivity index (χ1n) is 26.7. The Morgan fingerprint density at radius 1 is 0.548 bits per heavy atom. The van der Waals surface area contributed by atoms with Gasteiger partial charge in [0.15, 0.2) is 0 Å². The van der Waals surface area contributed by atoms with Crippen molar-refractivity contribution in [2.75, 3.05) is 40.9 Å². The van der Waals surface area contributed by atoms with E-state index in [0.29, 0.717) is 23.9 Å². The number of nitrogens with one attached hydrogen (secondary N) is 1. The number of hydrogen-bond donors (Lipinski definition) is 3. The van der Waals surface area contributed by atoms with Crippen LogP contribution in [-0.2, 0) is 18.4 Å². The summed E-state index contributed by atoms with van der Waals surface area (Å²) in [6.45, 7) is 4.86. The Hall–Kier alpha value is -1.02. The number of aliphatic hydroxyl groups excluding tert-OH is 1. The Kier molecular flexibility index (Phi) is 44.4. The number of carbonyl (C=O) groups is 1. The largest absolute Gasteiger partial charge is 0.472 e. The molecule has 8 nitrogen and oxygen atoms in total. The fourth-order valence-corrected chi connectivity index (χ4v) is 8.68. The quantitative estimate of drug-likeness (QED) is 0.0243. The van der Waals surface area contributed by atoms with Gasteiger partial charge in [0.05, 0.1) is 39.9 Å².